The summed E-state index contributed by atoms with van der Waals surface area (Å²) in [6.07, 6.45) is 0. The maximum atomic E-state index is 13.2. The highest BCUT2D eigenvalue weighted by atomic mass is 35.5. The lowest BCUT2D eigenvalue weighted by Gasteiger charge is -2.18. The molecule has 1 aliphatic rings. The molecule has 0 spiro atoms. The van der Waals surface area contributed by atoms with Crippen LogP contribution >= 0.6 is 11.6 Å². The molecule has 10 heteroatoms. The van der Waals surface area contributed by atoms with E-state index in [2.05, 4.69) is 5.32 Å². The highest BCUT2D eigenvalue weighted by Gasteiger charge is 2.40. The number of halogens is 1. The highest BCUT2D eigenvalue weighted by Crippen LogP contribution is 2.37. The fraction of sp³-hybridized carbons (Fsp3) is 0.0938. The number of nitrogens with one attached hydrogen (secondary N) is 1. The zero-order chi connectivity index (χ0) is 29.6. The summed E-state index contributed by atoms with van der Waals surface area (Å²) in [5.74, 6) is -0.171. The Labute approximate surface area is 246 Å². The smallest absolute Gasteiger partial charge is 0.343 e. The molecule has 212 valence electrons. The van der Waals surface area contributed by atoms with Gasteiger partial charge in [-0.2, -0.15) is 0 Å². The normalized spacial score (nSPS) is 12.8. The Kier molecular flexibility index (Phi) is 8.40. The van der Waals surface area contributed by atoms with Crippen molar-refractivity contribution < 1.29 is 33.3 Å². The van der Waals surface area contributed by atoms with E-state index in [-0.39, 0.29) is 27.7 Å². The Morgan fingerprint density at radius 2 is 1.45 bits per heavy atom. The van der Waals surface area contributed by atoms with Crippen molar-refractivity contribution >= 4 is 40.8 Å². The van der Waals surface area contributed by atoms with E-state index in [1.807, 2.05) is 30.3 Å². The third-order valence-electron chi connectivity index (χ3n) is 6.33. The minimum absolute atomic E-state index is 0.107. The van der Waals surface area contributed by atoms with Gasteiger partial charge in [0.25, 0.3) is 11.8 Å². The van der Waals surface area contributed by atoms with E-state index in [1.165, 1.54) is 32.4 Å². The van der Waals surface area contributed by atoms with Gasteiger partial charge in [-0.25, -0.2) is 9.69 Å². The second-order valence-electron chi connectivity index (χ2n) is 9.01. The van der Waals surface area contributed by atoms with Gasteiger partial charge in [-0.15, -0.1) is 0 Å². The molecular formula is C32H25ClN2O7. The van der Waals surface area contributed by atoms with Gasteiger partial charge in [0.1, 0.15) is 40.3 Å². The summed E-state index contributed by atoms with van der Waals surface area (Å²) in [5, 5.41) is 2.60. The summed E-state index contributed by atoms with van der Waals surface area (Å²) in [7, 11) is 2.91. The summed E-state index contributed by atoms with van der Waals surface area (Å²) in [6, 6.07) is 27.4. The number of imide groups is 1. The zero-order valence-electron chi connectivity index (χ0n) is 22.6. The molecule has 0 aliphatic carbocycles. The van der Waals surface area contributed by atoms with Crippen molar-refractivity contribution in [2.45, 2.75) is 6.61 Å². The van der Waals surface area contributed by atoms with Gasteiger partial charge in [-0.05, 0) is 66.2 Å². The molecule has 1 N–H and O–H groups in total. The fourth-order valence-electron chi connectivity index (χ4n) is 4.14. The van der Waals surface area contributed by atoms with E-state index in [4.69, 9.17) is 30.5 Å². The van der Waals surface area contributed by atoms with Crippen molar-refractivity contribution in [3.05, 3.63) is 119 Å². The minimum Gasteiger partial charge on any atom is -0.497 e. The van der Waals surface area contributed by atoms with Crippen molar-refractivity contribution in [3.8, 4) is 23.0 Å². The molecule has 2 amide bonds. The number of hydrogen-bond acceptors (Lipinski definition) is 8. The Morgan fingerprint density at radius 1 is 0.786 bits per heavy atom. The molecule has 0 bridgehead atoms. The summed E-state index contributed by atoms with van der Waals surface area (Å²) in [6.45, 7) is 0.427. The van der Waals surface area contributed by atoms with Gasteiger partial charge in [0.05, 0.1) is 25.5 Å². The Hall–Kier alpha value is -5.28. The van der Waals surface area contributed by atoms with Gasteiger partial charge in [0.2, 0.25) is 0 Å². The number of carbonyl (C=O) groups excluding carboxylic acids is 3. The summed E-state index contributed by atoms with van der Waals surface area (Å²) in [5.41, 5.74) is 1.87. The standard InChI is InChI=1S/C32H25ClN2O7/c1-39-25-16-17-26(27(18-25)40-2)35-30(36)28(33)29(31(35)37)34-22-10-8-21(9-11-22)32(38)42-24-14-12-23(13-15-24)41-19-20-6-4-3-5-7-20/h3-18,34H,19H2,1-2H3. The van der Waals surface area contributed by atoms with Crippen LogP contribution in [0.4, 0.5) is 11.4 Å². The number of benzene rings is 4. The molecule has 0 radical (unpaired) electrons. The molecule has 0 aromatic heterocycles. The van der Waals surface area contributed by atoms with Crippen molar-refractivity contribution in [1.82, 2.24) is 0 Å². The molecule has 4 aromatic rings. The van der Waals surface area contributed by atoms with Crippen LogP contribution in [-0.4, -0.2) is 32.0 Å². The Balaban J connectivity index is 1.21. The monoisotopic (exact) mass is 584 g/mol. The summed E-state index contributed by atoms with van der Waals surface area (Å²) in [4.78, 5) is 39.7. The molecule has 0 unspecified atom stereocenters. The molecule has 42 heavy (non-hydrogen) atoms. The van der Waals surface area contributed by atoms with Gasteiger partial charge in [0, 0.05) is 11.8 Å². The second-order valence-corrected chi connectivity index (χ2v) is 9.39. The van der Waals surface area contributed by atoms with E-state index in [0.29, 0.717) is 29.5 Å². The molecule has 1 aliphatic heterocycles. The van der Waals surface area contributed by atoms with Crippen LogP contribution in [-0.2, 0) is 16.2 Å². The van der Waals surface area contributed by atoms with Crippen LogP contribution in [0.15, 0.2) is 108 Å². The van der Waals surface area contributed by atoms with Crippen LogP contribution in [0.1, 0.15) is 15.9 Å². The van der Waals surface area contributed by atoms with Crippen LogP contribution < -0.4 is 29.2 Å². The van der Waals surface area contributed by atoms with Gasteiger partial charge in [0.15, 0.2) is 0 Å². The number of carbonyl (C=O) groups is 3. The predicted octanol–water partition coefficient (Wildman–Crippen LogP) is 5.94. The maximum Gasteiger partial charge on any atom is 0.343 e. The largest absolute Gasteiger partial charge is 0.497 e. The second kappa shape index (κ2) is 12.5. The molecule has 0 atom stereocenters. The van der Waals surface area contributed by atoms with Gasteiger partial charge in [-0.3, -0.25) is 9.59 Å². The first-order valence-corrected chi connectivity index (χ1v) is 13.1. The highest BCUT2D eigenvalue weighted by molar-refractivity contribution is 6.53. The fourth-order valence-corrected chi connectivity index (χ4v) is 4.36. The molecule has 0 fully saturated rings. The Bertz CT molecular complexity index is 1650. The van der Waals surface area contributed by atoms with E-state index in [1.54, 1.807) is 48.5 Å². The zero-order valence-corrected chi connectivity index (χ0v) is 23.4. The lowest BCUT2D eigenvalue weighted by molar-refractivity contribution is -0.120. The van der Waals surface area contributed by atoms with Crippen LogP contribution in [0.25, 0.3) is 0 Å². The number of rotatable bonds is 10. The lowest BCUT2D eigenvalue weighted by atomic mass is 10.2. The summed E-state index contributed by atoms with van der Waals surface area (Å²) < 4.78 is 21.7. The van der Waals surface area contributed by atoms with Crippen LogP contribution in [0.2, 0.25) is 0 Å². The minimum atomic E-state index is -0.704. The van der Waals surface area contributed by atoms with Crippen molar-refractivity contribution in [2.24, 2.45) is 0 Å². The maximum absolute atomic E-state index is 13.2. The van der Waals surface area contributed by atoms with Gasteiger partial charge in [-0.1, -0.05) is 41.9 Å². The number of ether oxygens (including phenoxy) is 4. The average molecular weight is 585 g/mol. The van der Waals surface area contributed by atoms with E-state index in [9.17, 15) is 14.4 Å². The third kappa shape index (κ3) is 6.06. The van der Waals surface area contributed by atoms with Crippen LogP contribution in [0.5, 0.6) is 23.0 Å². The molecule has 0 saturated heterocycles. The van der Waals surface area contributed by atoms with E-state index in [0.717, 1.165) is 10.5 Å². The quantitative estimate of drug-likeness (QED) is 0.139. The van der Waals surface area contributed by atoms with Crippen molar-refractivity contribution in [2.75, 3.05) is 24.4 Å². The SMILES string of the molecule is COc1ccc(N2C(=O)C(Cl)=C(Nc3ccc(C(=O)Oc4ccc(OCc5ccccc5)cc4)cc3)C2=O)c(OC)c1. The number of methoxy groups -OCH3 is 2. The van der Waals surface area contributed by atoms with Crippen LogP contribution in [0, 0.1) is 0 Å². The molecule has 4 aromatic carbocycles. The first kappa shape index (κ1) is 28.3. The molecule has 5 rings (SSSR count). The first-order valence-electron chi connectivity index (χ1n) is 12.7. The number of hydrogen-bond donors (Lipinski definition) is 1. The average Bonchev–Trinajstić information content (AvgIpc) is 3.23. The molecule has 0 saturated carbocycles. The molecule has 1 heterocycles. The Morgan fingerprint density at radius 3 is 2.12 bits per heavy atom. The van der Waals surface area contributed by atoms with E-state index < -0.39 is 17.8 Å². The van der Waals surface area contributed by atoms with Gasteiger partial charge >= 0.3 is 5.97 Å². The first-order chi connectivity index (χ1) is 20.4. The number of nitrogens with zero attached hydrogens (tertiary/aromatic N) is 1. The predicted molar refractivity (Wildman–Crippen MR) is 157 cm³/mol. The number of anilines is 2. The van der Waals surface area contributed by atoms with E-state index >= 15 is 0 Å². The van der Waals surface area contributed by atoms with Crippen molar-refractivity contribution in [1.29, 1.82) is 0 Å². The molecular weight excluding hydrogens is 560 g/mol. The number of amides is 2. The lowest BCUT2D eigenvalue weighted by Crippen LogP contribution is -2.32. The molecule has 9 nitrogen and oxygen atoms in total. The summed E-state index contributed by atoms with van der Waals surface area (Å²) >= 11 is 6.26. The van der Waals surface area contributed by atoms with Gasteiger partial charge < -0.3 is 24.3 Å². The third-order valence-corrected chi connectivity index (χ3v) is 6.68. The van der Waals surface area contributed by atoms with Crippen LogP contribution in [0.3, 0.4) is 0 Å². The number of esters is 1. The topological polar surface area (TPSA) is 103 Å². The van der Waals surface area contributed by atoms with Crippen molar-refractivity contribution in [3.63, 3.8) is 0 Å².